The fourth-order valence-corrected chi connectivity index (χ4v) is 4.13. The Labute approximate surface area is 178 Å². The van der Waals surface area contributed by atoms with E-state index in [9.17, 15) is 14.0 Å². The molecule has 4 rings (SSSR count). The Morgan fingerprint density at radius 2 is 2.26 bits per heavy atom. The highest BCUT2D eigenvalue weighted by atomic mass is 19.1. The maximum Gasteiger partial charge on any atom is 0.415 e. The van der Waals surface area contributed by atoms with Gasteiger partial charge in [0, 0.05) is 26.1 Å². The first-order valence-corrected chi connectivity index (χ1v) is 10.1. The van der Waals surface area contributed by atoms with Gasteiger partial charge in [0.15, 0.2) is 5.60 Å². The SMILES string of the molecule is NN(C=C[NH3+])C1CC12CN(c1ccc(N3CCNN(C(=O)CO)CC3)c(F)c1)C(=O)O2. The Kier molecular flexibility index (Phi) is 5.71. The van der Waals surface area contributed by atoms with Gasteiger partial charge < -0.3 is 25.5 Å². The number of halogens is 1. The predicted octanol–water partition coefficient (Wildman–Crippen LogP) is -1.67. The molecule has 12 heteroatoms. The molecule has 1 saturated carbocycles. The third-order valence-electron chi connectivity index (χ3n) is 5.86. The van der Waals surface area contributed by atoms with Crippen molar-refractivity contribution in [1.29, 1.82) is 0 Å². The predicted molar refractivity (Wildman–Crippen MR) is 108 cm³/mol. The molecule has 2 saturated heterocycles. The summed E-state index contributed by atoms with van der Waals surface area (Å²) in [6.07, 6.45) is 3.25. The minimum atomic E-state index is -0.695. The summed E-state index contributed by atoms with van der Waals surface area (Å²) in [5, 5.41) is 11.8. The zero-order valence-electron chi connectivity index (χ0n) is 17.0. The van der Waals surface area contributed by atoms with E-state index < -0.39 is 30.0 Å². The average molecular weight is 436 g/mol. The first-order chi connectivity index (χ1) is 14.9. The molecule has 0 bridgehead atoms. The molecule has 2 heterocycles. The number of rotatable bonds is 5. The summed E-state index contributed by atoms with van der Waals surface area (Å²) >= 11 is 0. The molecule has 3 aliphatic rings. The molecule has 2 unspecified atom stereocenters. The van der Waals surface area contributed by atoms with E-state index in [2.05, 4.69) is 11.2 Å². The van der Waals surface area contributed by atoms with Gasteiger partial charge in [0.25, 0.3) is 5.91 Å². The van der Waals surface area contributed by atoms with Gasteiger partial charge in [0.05, 0.1) is 36.7 Å². The first-order valence-electron chi connectivity index (χ1n) is 10.1. The number of quaternary nitrogens is 1. The van der Waals surface area contributed by atoms with Crippen LogP contribution in [0.15, 0.2) is 30.6 Å². The number of aliphatic hydroxyl groups excluding tert-OH is 1. The lowest BCUT2D eigenvalue weighted by Crippen LogP contribution is -2.45. The molecule has 7 N–H and O–H groups in total. The van der Waals surface area contributed by atoms with Gasteiger partial charge in [-0.2, -0.15) is 0 Å². The standard InChI is InChI=1S/C19H26FN7O4/c20-14-9-13(25-12-19(31-18(25)30)10-16(19)26(22)5-3-21)1-2-15(14)24-6-4-23-27(8-7-24)17(29)11-28/h1-3,5,9,16,23,28H,4,6-8,10-12,21-22H2/p+1. The largest absolute Gasteiger partial charge is 0.438 e. The second-order valence-corrected chi connectivity index (χ2v) is 7.81. The zero-order chi connectivity index (χ0) is 22.2. The average Bonchev–Trinajstić information content (AvgIpc) is 3.42. The molecule has 168 valence electrons. The summed E-state index contributed by atoms with van der Waals surface area (Å²) in [6, 6.07) is 4.48. The van der Waals surface area contributed by atoms with Crippen molar-refractivity contribution in [2.45, 2.75) is 18.1 Å². The Bertz CT molecular complexity index is 900. The number of benzene rings is 1. The molecule has 1 aromatic carbocycles. The van der Waals surface area contributed by atoms with Gasteiger partial charge >= 0.3 is 6.09 Å². The smallest absolute Gasteiger partial charge is 0.415 e. The number of carbonyl (C=O) groups excluding carboxylic acids is 2. The van der Waals surface area contributed by atoms with E-state index in [1.165, 1.54) is 21.0 Å². The van der Waals surface area contributed by atoms with Crippen LogP contribution in [0.3, 0.4) is 0 Å². The third kappa shape index (κ3) is 4.02. The first kappa shape index (κ1) is 21.3. The summed E-state index contributed by atoms with van der Waals surface area (Å²) in [5.74, 6) is 5.04. The van der Waals surface area contributed by atoms with Crippen molar-refractivity contribution in [2.24, 2.45) is 5.84 Å². The molecule has 2 atom stereocenters. The molecule has 3 fully saturated rings. The molecule has 0 aromatic heterocycles. The van der Waals surface area contributed by atoms with Gasteiger partial charge in [-0.25, -0.2) is 20.5 Å². The van der Waals surface area contributed by atoms with Crippen LogP contribution in [0.1, 0.15) is 6.42 Å². The fraction of sp³-hybridized carbons (Fsp3) is 0.474. The van der Waals surface area contributed by atoms with Crippen LogP contribution >= 0.6 is 0 Å². The highest BCUT2D eigenvalue weighted by Crippen LogP contribution is 2.48. The fourth-order valence-electron chi connectivity index (χ4n) is 4.13. The number of aliphatic hydroxyl groups is 1. The van der Waals surface area contributed by atoms with E-state index in [-0.39, 0.29) is 6.04 Å². The summed E-state index contributed by atoms with van der Waals surface area (Å²) in [4.78, 5) is 27.3. The molecule has 2 aliphatic heterocycles. The van der Waals surface area contributed by atoms with Crippen LogP contribution in [0.25, 0.3) is 0 Å². The zero-order valence-corrected chi connectivity index (χ0v) is 17.0. The summed E-state index contributed by atoms with van der Waals surface area (Å²) in [7, 11) is 0. The Hall–Kier alpha value is -2.93. The van der Waals surface area contributed by atoms with Gasteiger partial charge in [-0.15, -0.1) is 0 Å². The van der Waals surface area contributed by atoms with E-state index in [1.807, 2.05) is 4.90 Å². The minimum Gasteiger partial charge on any atom is -0.438 e. The quantitative estimate of drug-likeness (QED) is 0.317. The van der Waals surface area contributed by atoms with Crippen LogP contribution in [0.4, 0.5) is 20.6 Å². The maximum absolute atomic E-state index is 15.0. The van der Waals surface area contributed by atoms with Gasteiger partial charge in [-0.3, -0.25) is 14.7 Å². The number of nitrogens with two attached hydrogens (primary N) is 1. The summed E-state index contributed by atoms with van der Waals surface area (Å²) in [6.45, 7) is 1.32. The molecule has 1 aliphatic carbocycles. The van der Waals surface area contributed by atoms with Crippen LogP contribution in [0.2, 0.25) is 0 Å². The van der Waals surface area contributed by atoms with E-state index in [4.69, 9.17) is 15.7 Å². The van der Waals surface area contributed by atoms with Gasteiger partial charge in [-0.05, 0) is 18.2 Å². The number of nitrogens with zero attached hydrogens (tertiary/aromatic N) is 4. The summed E-state index contributed by atoms with van der Waals surface area (Å²) in [5.41, 5.74) is 6.62. The van der Waals surface area contributed by atoms with Crippen LogP contribution < -0.4 is 26.8 Å². The van der Waals surface area contributed by atoms with Crippen LogP contribution in [-0.4, -0.2) is 78.1 Å². The van der Waals surface area contributed by atoms with Crippen molar-refractivity contribution in [3.8, 4) is 0 Å². The number of anilines is 2. The normalized spacial score (nSPS) is 25.9. The second-order valence-electron chi connectivity index (χ2n) is 7.81. The molecule has 2 amide bonds. The van der Waals surface area contributed by atoms with Crippen LogP contribution in [0, 0.1) is 5.82 Å². The topological polar surface area (TPSA) is 142 Å². The number of amides is 2. The van der Waals surface area contributed by atoms with Crippen molar-refractivity contribution in [3.05, 3.63) is 36.4 Å². The maximum atomic E-state index is 15.0. The second kappa shape index (κ2) is 8.30. The van der Waals surface area contributed by atoms with Crippen molar-refractivity contribution in [3.63, 3.8) is 0 Å². The monoisotopic (exact) mass is 436 g/mol. The van der Waals surface area contributed by atoms with Crippen molar-refractivity contribution >= 4 is 23.4 Å². The number of hydrogen-bond donors (Lipinski definition) is 4. The van der Waals surface area contributed by atoms with Crippen molar-refractivity contribution < 1.29 is 29.6 Å². The number of hydrogen-bond acceptors (Lipinski definition) is 8. The molecule has 1 aromatic rings. The summed E-state index contributed by atoms with van der Waals surface area (Å²) < 4.78 is 20.5. The van der Waals surface area contributed by atoms with Gasteiger partial charge in [0.1, 0.15) is 18.6 Å². The number of hydrazine groups is 2. The van der Waals surface area contributed by atoms with Crippen LogP contribution in [-0.2, 0) is 9.53 Å². The Morgan fingerprint density at radius 3 is 2.97 bits per heavy atom. The number of nitrogens with one attached hydrogen (secondary N) is 1. The van der Waals surface area contributed by atoms with Gasteiger partial charge in [0.2, 0.25) is 0 Å². The molecular formula is C19H27FN7O4+. The molecule has 0 radical (unpaired) electrons. The Balaban J connectivity index is 1.45. The van der Waals surface area contributed by atoms with Gasteiger partial charge in [-0.1, -0.05) is 0 Å². The lowest BCUT2D eigenvalue weighted by atomic mass is 10.2. The van der Waals surface area contributed by atoms with E-state index in [0.29, 0.717) is 50.5 Å². The number of carbonyl (C=O) groups is 2. The lowest BCUT2D eigenvalue weighted by molar-refractivity contribution is -0.276. The third-order valence-corrected chi connectivity index (χ3v) is 5.86. The van der Waals surface area contributed by atoms with E-state index in [1.54, 1.807) is 24.5 Å². The minimum absolute atomic E-state index is 0.141. The molecular weight excluding hydrogens is 409 g/mol. The van der Waals surface area contributed by atoms with Crippen molar-refractivity contribution in [2.75, 3.05) is 49.1 Å². The van der Waals surface area contributed by atoms with Crippen molar-refractivity contribution in [1.82, 2.24) is 15.4 Å². The molecule has 11 nitrogen and oxygen atoms in total. The lowest BCUT2D eigenvalue weighted by Gasteiger charge is -2.24. The Morgan fingerprint density at radius 1 is 1.45 bits per heavy atom. The number of ether oxygens (including phenoxy) is 1. The van der Waals surface area contributed by atoms with E-state index >= 15 is 0 Å². The van der Waals surface area contributed by atoms with Crippen LogP contribution in [0.5, 0.6) is 0 Å². The molecule has 1 spiro atoms. The molecule has 31 heavy (non-hydrogen) atoms. The van der Waals surface area contributed by atoms with E-state index in [0.717, 1.165) is 0 Å². The highest BCUT2D eigenvalue weighted by molar-refractivity contribution is 5.91. The highest BCUT2D eigenvalue weighted by Gasteiger charge is 2.65.